The van der Waals surface area contributed by atoms with E-state index in [4.69, 9.17) is 9.47 Å². The lowest BCUT2D eigenvalue weighted by atomic mass is 10.0. The molecule has 2 aromatic rings. The molecule has 0 aliphatic carbocycles. The van der Waals surface area contributed by atoms with Gasteiger partial charge in [-0.3, -0.25) is 4.79 Å². The first kappa shape index (κ1) is 13.4. The smallest absolute Gasteiger partial charge is 0.231 e. The number of ketones is 1. The van der Waals surface area contributed by atoms with E-state index in [1.54, 1.807) is 24.3 Å². The minimum atomic E-state index is -0.318. The van der Waals surface area contributed by atoms with Gasteiger partial charge in [-0.2, -0.15) is 5.26 Å². The molecule has 2 heterocycles. The number of thiophene rings is 1. The quantitative estimate of drug-likeness (QED) is 0.493. The average molecular weight is 297 g/mol. The maximum Gasteiger partial charge on any atom is 0.231 e. The molecule has 4 nitrogen and oxygen atoms in total. The summed E-state index contributed by atoms with van der Waals surface area (Å²) in [5, 5.41) is 9.23. The van der Waals surface area contributed by atoms with E-state index in [9.17, 15) is 10.1 Å². The van der Waals surface area contributed by atoms with Gasteiger partial charge >= 0.3 is 0 Å². The highest BCUT2D eigenvalue weighted by atomic mass is 32.1. The van der Waals surface area contributed by atoms with E-state index in [2.05, 4.69) is 0 Å². The van der Waals surface area contributed by atoms with Crippen molar-refractivity contribution in [2.75, 3.05) is 6.79 Å². The second-order valence-electron chi connectivity index (χ2n) is 4.52. The SMILES string of the molecule is Cc1ccc(/C=C(/C#N)C(=O)c2ccc3c(c2)OCO3)s1. The van der Waals surface area contributed by atoms with Gasteiger partial charge in [-0.15, -0.1) is 11.3 Å². The minimum absolute atomic E-state index is 0.107. The molecule has 104 valence electrons. The van der Waals surface area contributed by atoms with E-state index in [1.165, 1.54) is 11.3 Å². The highest BCUT2D eigenvalue weighted by Gasteiger charge is 2.18. The summed E-state index contributed by atoms with van der Waals surface area (Å²) in [5.74, 6) is 0.829. The van der Waals surface area contributed by atoms with Crippen LogP contribution in [-0.2, 0) is 0 Å². The molecule has 21 heavy (non-hydrogen) atoms. The van der Waals surface area contributed by atoms with Gasteiger partial charge in [-0.05, 0) is 43.3 Å². The standard InChI is InChI=1S/C16H11NO3S/c1-10-2-4-13(21-10)6-12(8-17)16(18)11-3-5-14-15(7-11)20-9-19-14/h2-7H,9H2,1H3/b12-6-. The van der Waals surface area contributed by atoms with Gasteiger partial charge in [-0.1, -0.05) is 0 Å². The normalized spacial score (nSPS) is 13.0. The number of rotatable bonds is 3. The monoisotopic (exact) mass is 297 g/mol. The maximum absolute atomic E-state index is 12.4. The number of hydrogen-bond acceptors (Lipinski definition) is 5. The van der Waals surface area contributed by atoms with Crippen molar-refractivity contribution in [3.8, 4) is 17.6 Å². The topological polar surface area (TPSA) is 59.3 Å². The van der Waals surface area contributed by atoms with Crippen LogP contribution in [0.1, 0.15) is 20.1 Å². The van der Waals surface area contributed by atoms with Crippen LogP contribution in [-0.4, -0.2) is 12.6 Å². The van der Waals surface area contributed by atoms with Crippen molar-refractivity contribution in [3.63, 3.8) is 0 Å². The number of hydrogen-bond donors (Lipinski definition) is 0. The summed E-state index contributed by atoms with van der Waals surface area (Å²) in [5.41, 5.74) is 0.524. The molecule has 1 aromatic carbocycles. The minimum Gasteiger partial charge on any atom is -0.454 e. The lowest BCUT2D eigenvalue weighted by molar-refractivity contribution is 0.103. The van der Waals surface area contributed by atoms with Gasteiger partial charge in [0.15, 0.2) is 11.5 Å². The van der Waals surface area contributed by atoms with Crippen LogP contribution in [0.3, 0.4) is 0 Å². The highest BCUT2D eigenvalue weighted by Crippen LogP contribution is 2.33. The van der Waals surface area contributed by atoms with E-state index in [0.717, 1.165) is 9.75 Å². The van der Waals surface area contributed by atoms with Crippen molar-refractivity contribution in [1.29, 1.82) is 5.26 Å². The van der Waals surface area contributed by atoms with Crippen LogP contribution < -0.4 is 9.47 Å². The van der Waals surface area contributed by atoms with Crippen LogP contribution in [0.4, 0.5) is 0 Å². The summed E-state index contributed by atoms with van der Waals surface area (Å²) in [6, 6.07) is 10.7. The second kappa shape index (κ2) is 5.43. The predicted molar refractivity (Wildman–Crippen MR) is 79.5 cm³/mol. The molecule has 0 unspecified atom stereocenters. The Kier molecular flexibility index (Phi) is 3.46. The van der Waals surface area contributed by atoms with Gasteiger partial charge in [0.2, 0.25) is 12.6 Å². The van der Waals surface area contributed by atoms with Gasteiger partial charge in [0, 0.05) is 15.3 Å². The Morgan fingerprint density at radius 1 is 1.29 bits per heavy atom. The van der Waals surface area contributed by atoms with Gasteiger partial charge in [0.25, 0.3) is 0 Å². The fourth-order valence-electron chi connectivity index (χ4n) is 2.02. The highest BCUT2D eigenvalue weighted by molar-refractivity contribution is 7.12. The lowest BCUT2D eigenvalue weighted by Crippen LogP contribution is -2.01. The van der Waals surface area contributed by atoms with Crippen LogP contribution in [0.25, 0.3) is 6.08 Å². The van der Waals surface area contributed by atoms with Gasteiger partial charge < -0.3 is 9.47 Å². The third-order valence-electron chi connectivity index (χ3n) is 3.05. The zero-order valence-corrected chi connectivity index (χ0v) is 12.1. The first-order valence-corrected chi connectivity index (χ1v) is 7.11. The Morgan fingerprint density at radius 2 is 2.10 bits per heavy atom. The Labute approximate surface area is 125 Å². The number of nitriles is 1. The van der Waals surface area contributed by atoms with Crippen molar-refractivity contribution >= 4 is 23.2 Å². The number of nitrogens with zero attached hydrogens (tertiary/aromatic N) is 1. The fraction of sp³-hybridized carbons (Fsp3) is 0.125. The zero-order valence-electron chi connectivity index (χ0n) is 11.3. The number of carbonyl (C=O) groups excluding carboxylic acids is 1. The molecule has 0 N–H and O–H groups in total. The second-order valence-corrected chi connectivity index (χ2v) is 5.83. The van der Waals surface area contributed by atoms with Gasteiger partial charge in [0.05, 0.1) is 0 Å². The van der Waals surface area contributed by atoms with Crippen LogP contribution in [0, 0.1) is 18.3 Å². The van der Waals surface area contributed by atoms with Crippen LogP contribution in [0.5, 0.6) is 11.5 Å². The van der Waals surface area contributed by atoms with Gasteiger partial charge in [0.1, 0.15) is 11.6 Å². The first-order chi connectivity index (χ1) is 10.2. The summed E-state index contributed by atoms with van der Waals surface area (Å²) in [6.45, 7) is 2.14. The predicted octanol–water partition coefficient (Wildman–Crippen LogP) is 3.58. The third kappa shape index (κ3) is 2.67. The van der Waals surface area contributed by atoms with Crippen molar-refractivity contribution in [3.05, 3.63) is 51.2 Å². The molecule has 0 spiro atoms. The Morgan fingerprint density at radius 3 is 2.81 bits per heavy atom. The number of ether oxygens (including phenoxy) is 2. The molecule has 3 rings (SSSR count). The molecular formula is C16H11NO3S. The number of fused-ring (bicyclic) bond motifs is 1. The summed E-state index contributed by atoms with van der Waals surface area (Å²) in [4.78, 5) is 14.4. The van der Waals surface area contributed by atoms with E-state index < -0.39 is 0 Å². The van der Waals surface area contributed by atoms with Crippen LogP contribution in [0.15, 0.2) is 35.9 Å². The zero-order chi connectivity index (χ0) is 14.8. The molecule has 1 aliphatic rings. The van der Waals surface area contributed by atoms with Crippen molar-refractivity contribution in [2.45, 2.75) is 6.92 Å². The first-order valence-electron chi connectivity index (χ1n) is 6.30. The summed E-state index contributed by atoms with van der Waals surface area (Å²) < 4.78 is 10.5. The molecule has 1 aliphatic heterocycles. The molecule has 0 atom stereocenters. The molecule has 0 radical (unpaired) electrons. The van der Waals surface area contributed by atoms with Crippen LogP contribution >= 0.6 is 11.3 Å². The van der Waals surface area contributed by atoms with Gasteiger partial charge in [-0.25, -0.2) is 0 Å². The van der Waals surface area contributed by atoms with E-state index >= 15 is 0 Å². The Bertz CT molecular complexity index is 783. The summed E-state index contributed by atoms with van der Waals surface area (Å²) in [7, 11) is 0. The summed E-state index contributed by atoms with van der Waals surface area (Å²) >= 11 is 1.54. The molecular weight excluding hydrogens is 286 g/mol. The molecule has 0 fully saturated rings. The van der Waals surface area contributed by atoms with Crippen LogP contribution in [0.2, 0.25) is 0 Å². The molecule has 1 aromatic heterocycles. The average Bonchev–Trinajstić information content (AvgIpc) is 3.11. The van der Waals surface area contributed by atoms with E-state index in [-0.39, 0.29) is 18.1 Å². The molecule has 0 bridgehead atoms. The number of benzene rings is 1. The summed E-state index contributed by atoms with van der Waals surface area (Å²) in [6.07, 6.45) is 1.62. The fourth-order valence-corrected chi connectivity index (χ4v) is 2.84. The number of allylic oxidation sites excluding steroid dienone is 1. The molecule has 0 amide bonds. The van der Waals surface area contributed by atoms with Crippen molar-refractivity contribution < 1.29 is 14.3 Å². The molecule has 0 saturated carbocycles. The lowest BCUT2D eigenvalue weighted by Gasteiger charge is -2.01. The van der Waals surface area contributed by atoms with Crippen molar-refractivity contribution in [1.82, 2.24) is 0 Å². The third-order valence-corrected chi connectivity index (χ3v) is 4.00. The molecule has 0 saturated heterocycles. The van der Waals surface area contributed by atoms with E-state index in [0.29, 0.717) is 17.1 Å². The maximum atomic E-state index is 12.4. The Balaban J connectivity index is 1.93. The molecule has 5 heteroatoms. The van der Waals surface area contributed by atoms with Crippen molar-refractivity contribution in [2.24, 2.45) is 0 Å². The largest absolute Gasteiger partial charge is 0.454 e. The number of Topliss-reactive ketones (excluding diaryl/α,β-unsaturated/α-hetero) is 1. The number of carbonyl (C=O) groups is 1. The Hall–Kier alpha value is -2.58. The van der Waals surface area contributed by atoms with E-state index in [1.807, 2.05) is 25.1 Å². The number of aryl methyl sites for hydroxylation is 1.